The molecule has 1 aromatic heterocycles. The molecule has 29 heavy (non-hydrogen) atoms. The second kappa shape index (κ2) is 8.39. The van der Waals surface area contributed by atoms with Gasteiger partial charge in [0.2, 0.25) is 27.6 Å². The van der Waals surface area contributed by atoms with Crippen LogP contribution in [-0.4, -0.2) is 36.8 Å². The molecule has 0 radical (unpaired) electrons. The third-order valence-electron chi connectivity index (χ3n) is 4.09. The first-order valence-electron chi connectivity index (χ1n) is 8.67. The number of amides is 1. The fourth-order valence-electron chi connectivity index (χ4n) is 2.75. The van der Waals surface area contributed by atoms with Crippen LogP contribution in [0.3, 0.4) is 0 Å². The second-order valence-corrected chi connectivity index (χ2v) is 8.14. The van der Waals surface area contributed by atoms with Gasteiger partial charge in [-0.05, 0) is 19.1 Å². The normalized spacial score (nSPS) is 12.4. The van der Waals surface area contributed by atoms with Gasteiger partial charge in [0.15, 0.2) is 0 Å². The average molecular weight is 418 g/mol. The molecule has 0 fully saturated rings. The maximum absolute atomic E-state index is 14.1. The number of sulfonamides is 1. The standard InChI is InChI=1S/C19H19FN4O4S/c1-13(24(29(2,26)27)16-11-7-6-10-15(16)20)19(25)21-12-17-22-18(23-28-17)14-8-4-3-5-9-14/h3-11,13H,12H2,1-2H3,(H,21,25). The minimum Gasteiger partial charge on any atom is -0.345 e. The summed E-state index contributed by atoms with van der Waals surface area (Å²) in [6.07, 6.45) is 0.910. The summed E-state index contributed by atoms with van der Waals surface area (Å²) in [6, 6.07) is 13.3. The van der Waals surface area contributed by atoms with Crippen molar-refractivity contribution in [1.29, 1.82) is 0 Å². The number of nitrogens with one attached hydrogen (secondary N) is 1. The lowest BCUT2D eigenvalue weighted by Gasteiger charge is -2.28. The quantitative estimate of drug-likeness (QED) is 0.631. The lowest BCUT2D eigenvalue weighted by Crippen LogP contribution is -2.48. The van der Waals surface area contributed by atoms with Crippen molar-refractivity contribution in [1.82, 2.24) is 15.5 Å². The molecule has 2 aromatic carbocycles. The highest BCUT2D eigenvalue weighted by atomic mass is 32.2. The second-order valence-electron chi connectivity index (χ2n) is 6.28. The molecule has 3 aromatic rings. The summed E-state index contributed by atoms with van der Waals surface area (Å²) in [5.41, 5.74) is 0.548. The van der Waals surface area contributed by atoms with Crippen molar-refractivity contribution in [3.8, 4) is 11.4 Å². The van der Waals surface area contributed by atoms with Crippen LogP contribution in [0.2, 0.25) is 0 Å². The summed E-state index contributed by atoms with van der Waals surface area (Å²) in [7, 11) is -3.92. The molecule has 0 bridgehead atoms. The Morgan fingerprint density at radius 2 is 1.83 bits per heavy atom. The van der Waals surface area contributed by atoms with E-state index in [1.807, 2.05) is 30.3 Å². The Morgan fingerprint density at radius 1 is 1.17 bits per heavy atom. The van der Waals surface area contributed by atoms with Crippen molar-refractivity contribution in [3.05, 3.63) is 66.3 Å². The zero-order valence-electron chi connectivity index (χ0n) is 15.7. The lowest BCUT2D eigenvalue weighted by molar-refractivity contribution is -0.122. The molecule has 1 amide bonds. The maximum Gasteiger partial charge on any atom is 0.246 e. The largest absolute Gasteiger partial charge is 0.345 e. The molecular weight excluding hydrogens is 399 g/mol. The number of hydrogen-bond donors (Lipinski definition) is 1. The van der Waals surface area contributed by atoms with E-state index >= 15 is 0 Å². The topological polar surface area (TPSA) is 105 Å². The summed E-state index contributed by atoms with van der Waals surface area (Å²) >= 11 is 0. The van der Waals surface area contributed by atoms with E-state index in [9.17, 15) is 17.6 Å². The highest BCUT2D eigenvalue weighted by Crippen LogP contribution is 2.24. The highest BCUT2D eigenvalue weighted by molar-refractivity contribution is 7.92. The predicted molar refractivity (Wildman–Crippen MR) is 105 cm³/mol. The number of aromatic nitrogens is 2. The number of hydrogen-bond acceptors (Lipinski definition) is 6. The molecule has 0 spiro atoms. The van der Waals surface area contributed by atoms with Crippen LogP contribution in [0.15, 0.2) is 59.1 Å². The monoisotopic (exact) mass is 418 g/mol. The predicted octanol–water partition coefficient (Wildman–Crippen LogP) is 2.35. The molecular formula is C19H19FN4O4S. The van der Waals surface area contributed by atoms with Crippen LogP contribution in [0.5, 0.6) is 0 Å². The van der Waals surface area contributed by atoms with Gasteiger partial charge < -0.3 is 9.84 Å². The van der Waals surface area contributed by atoms with Gasteiger partial charge in [0.05, 0.1) is 18.5 Å². The first kappa shape index (κ1) is 20.5. The van der Waals surface area contributed by atoms with Crippen molar-refractivity contribution in [2.45, 2.75) is 19.5 Å². The van der Waals surface area contributed by atoms with E-state index in [1.54, 1.807) is 0 Å². The van der Waals surface area contributed by atoms with E-state index in [-0.39, 0.29) is 18.1 Å². The molecule has 0 aliphatic heterocycles. The van der Waals surface area contributed by atoms with Gasteiger partial charge in [-0.15, -0.1) is 0 Å². The van der Waals surface area contributed by atoms with E-state index in [0.29, 0.717) is 5.82 Å². The summed E-state index contributed by atoms with van der Waals surface area (Å²) in [5.74, 6) is -0.867. The van der Waals surface area contributed by atoms with Crippen LogP contribution < -0.4 is 9.62 Å². The van der Waals surface area contributed by atoms with Gasteiger partial charge in [-0.3, -0.25) is 9.10 Å². The SMILES string of the molecule is CC(C(=O)NCc1nc(-c2ccccc2)no1)N(c1ccccc1F)S(C)(=O)=O. The number of para-hydroxylation sites is 1. The summed E-state index contributed by atoms with van der Waals surface area (Å²) in [5, 5.41) is 6.39. The van der Waals surface area contributed by atoms with Gasteiger partial charge in [-0.1, -0.05) is 47.6 Å². The molecule has 0 saturated heterocycles. The number of rotatable bonds is 7. The molecule has 10 heteroatoms. The molecule has 8 nitrogen and oxygen atoms in total. The van der Waals surface area contributed by atoms with Crippen LogP contribution in [0.1, 0.15) is 12.8 Å². The zero-order chi connectivity index (χ0) is 21.0. The van der Waals surface area contributed by atoms with Gasteiger partial charge in [0, 0.05) is 5.56 Å². The van der Waals surface area contributed by atoms with Crippen LogP contribution in [0.25, 0.3) is 11.4 Å². The van der Waals surface area contributed by atoms with Crippen LogP contribution in [-0.2, 0) is 21.4 Å². The van der Waals surface area contributed by atoms with Gasteiger partial charge in [0.25, 0.3) is 0 Å². The van der Waals surface area contributed by atoms with Crippen molar-refractivity contribution in [2.24, 2.45) is 0 Å². The van der Waals surface area contributed by atoms with E-state index in [4.69, 9.17) is 4.52 Å². The molecule has 0 aliphatic rings. The first-order chi connectivity index (χ1) is 13.8. The number of benzene rings is 2. The van der Waals surface area contributed by atoms with Crippen molar-refractivity contribution < 1.29 is 22.1 Å². The van der Waals surface area contributed by atoms with E-state index in [1.165, 1.54) is 25.1 Å². The highest BCUT2D eigenvalue weighted by Gasteiger charge is 2.31. The molecule has 1 atom stereocenters. The Morgan fingerprint density at radius 3 is 2.48 bits per heavy atom. The third kappa shape index (κ3) is 4.77. The molecule has 3 rings (SSSR count). The zero-order valence-corrected chi connectivity index (χ0v) is 16.6. The molecule has 152 valence electrons. The number of carbonyl (C=O) groups is 1. The molecule has 0 aliphatic carbocycles. The van der Waals surface area contributed by atoms with E-state index in [0.717, 1.165) is 22.2 Å². The Balaban J connectivity index is 1.73. The molecule has 1 unspecified atom stereocenters. The minimum atomic E-state index is -3.92. The number of anilines is 1. The Kier molecular flexibility index (Phi) is 5.92. The average Bonchev–Trinajstić information content (AvgIpc) is 3.16. The first-order valence-corrected chi connectivity index (χ1v) is 10.5. The van der Waals surface area contributed by atoms with Crippen LogP contribution in [0, 0.1) is 5.82 Å². The maximum atomic E-state index is 14.1. The fourth-order valence-corrected chi connectivity index (χ4v) is 3.93. The van der Waals surface area contributed by atoms with Gasteiger partial charge in [-0.2, -0.15) is 4.98 Å². The minimum absolute atomic E-state index is 0.0993. The molecule has 1 heterocycles. The Bertz CT molecular complexity index is 1100. The van der Waals surface area contributed by atoms with Crippen molar-refractivity contribution in [3.63, 3.8) is 0 Å². The summed E-state index contributed by atoms with van der Waals surface area (Å²) in [6.45, 7) is 1.27. The molecule has 1 N–H and O–H groups in total. The van der Waals surface area contributed by atoms with Crippen molar-refractivity contribution >= 4 is 21.6 Å². The van der Waals surface area contributed by atoms with E-state index < -0.39 is 27.8 Å². The van der Waals surface area contributed by atoms with Crippen LogP contribution in [0.4, 0.5) is 10.1 Å². The number of halogens is 1. The van der Waals surface area contributed by atoms with Crippen LogP contribution >= 0.6 is 0 Å². The Labute approximate surface area is 167 Å². The third-order valence-corrected chi connectivity index (χ3v) is 5.32. The molecule has 0 saturated carbocycles. The van der Waals surface area contributed by atoms with Gasteiger partial charge >= 0.3 is 0 Å². The number of nitrogens with zero attached hydrogens (tertiary/aromatic N) is 3. The van der Waals surface area contributed by atoms with E-state index in [2.05, 4.69) is 15.5 Å². The van der Waals surface area contributed by atoms with Gasteiger partial charge in [0.1, 0.15) is 11.9 Å². The smallest absolute Gasteiger partial charge is 0.246 e. The number of carbonyl (C=O) groups excluding carboxylic acids is 1. The summed E-state index contributed by atoms with van der Waals surface area (Å²) in [4.78, 5) is 16.7. The van der Waals surface area contributed by atoms with Crippen molar-refractivity contribution in [2.75, 3.05) is 10.6 Å². The summed E-state index contributed by atoms with van der Waals surface area (Å²) < 4.78 is 44.4. The van der Waals surface area contributed by atoms with Gasteiger partial charge in [-0.25, -0.2) is 12.8 Å². The lowest BCUT2D eigenvalue weighted by atomic mass is 10.2. The fraction of sp³-hybridized carbons (Fsp3) is 0.211. The Hall–Kier alpha value is -3.27.